The quantitative estimate of drug-likeness (QED) is 0.648. The van der Waals surface area contributed by atoms with Crippen LogP contribution in [-0.2, 0) is 6.54 Å². The molecule has 1 saturated heterocycles. The molecule has 0 radical (unpaired) electrons. The standard InChI is InChI=1S/C19H30N4/c1-3-20-19(22-17-6-7-17)21-14-16-4-8-18(9-5-16)23-12-10-15(2)11-13-23/h4-5,8-9,15,17H,3,6-7,10-14H2,1-2H3,(H2,20,21,22). The third kappa shape index (κ3) is 4.88. The molecule has 0 bridgehead atoms. The molecule has 1 aromatic rings. The van der Waals surface area contributed by atoms with Gasteiger partial charge in [0, 0.05) is 31.4 Å². The third-order valence-corrected chi connectivity index (χ3v) is 4.77. The van der Waals surface area contributed by atoms with Crippen molar-refractivity contribution in [2.75, 3.05) is 24.5 Å². The summed E-state index contributed by atoms with van der Waals surface area (Å²) in [5, 5.41) is 6.78. The highest BCUT2D eigenvalue weighted by Gasteiger charge is 2.22. The maximum Gasteiger partial charge on any atom is 0.191 e. The number of hydrogen-bond acceptors (Lipinski definition) is 2. The van der Waals surface area contributed by atoms with Crippen LogP contribution in [-0.4, -0.2) is 31.6 Å². The van der Waals surface area contributed by atoms with E-state index in [-0.39, 0.29) is 0 Å². The Morgan fingerprint density at radius 3 is 2.43 bits per heavy atom. The Balaban J connectivity index is 1.55. The number of guanidine groups is 1. The van der Waals surface area contributed by atoms with Crippen LogP contribution in [0.5, 0.6) is 0 Å². The molecule has 1 aliphatic heterocycles. The van der Waals surface area contributed by atoms with Gasteiger partial charge in [-0.1, -0.05) is 19.1 Å². The summed E-state index contributed by atoms with van der Waals surface area (Å²) in [5.74, 6) is 1.83. The molecule has 0 amide bonds. The summed E-state index contributed by atoms with van der Waals surface area (Å²) >= 11 is 0. The molecule has 2 aliphatic rings. The molecular weight excluding hydrogens is 284 g/mol. The van der Waals surface area contributed by atoms with Crippen LogP contribution in [0, 0.1) is 5.92 Å². The lowest BCUT2D eigenvalue weighted by molar-refractivity contribution is 0.438. The van der Waals surface area contributed by atoms with Crippen molar-refractivity contribution in [3.63, 3.8) is 0 Å². The second-order valence-corrected chi connectivity index (χ2v) is 6.95. The Bertz CT molecular complexity index is 511. The van der Waals surface area contributed by atoms with Gasteiger partial charge in [-0.15, -0.1) is 0 Å². The molecule has 0 aromatic heterocycles. The third-order valence-electron chi connectivity index (χ3n) is 4.77. The van der Waals surface area contributed by atoms with Crippen LogP contribution in [0.2, 0.25) is 0 Å². The summed E-state index contributed by atoms with van der Waals surface area (Å²) in [5.41, 5.74) is 2.62. The fourth-order valence-corrected chi connectivity index (χ4v) is 2.99. The summed E-state index contributed by atoms with van der Waals surface area (Å²) < 4.78 is 0. The minimum Gasteiger partial charge on any atom is -0.372 e. The fraction of sp³-hybridized carbons (Fsp3) is 0.632. The zero-order chi connectivity index (χ0) is 16.1. The van der Waals surface area contributed by atoms with Crippen molar-refractivity contribution in [2.24, 2.45) is 10.9 Å². The fourth-order valence-electron chi connectivity index (χ4n) is 2.99. The molecule has 3 rings (SSSR count). The first-order valence-corrected chi connectivity index (χ1v) is 9.13. The molecule has 126 valence electrons. The van der Waals surface area contributed by atoms with Crippen molar-refractivity contribution < 1.29 is 0 Å². The van der Waals surface area contributed by atoms with Crippen molar-refractivity contribution in [1.82, 2.24) is 10.6 Å². The first-order valence-electron chi connectivity index (χ1n) is 9.13. The lowest BCUT2D eigenvalue weighted by atomic mass is 9.99. The molecule has 2 N–H and O–H groups in total. The number of piperidine rings is 1. The topological polar surface area (TPSA) is 39.7 Å². The Labute approximate surface area is 140 Å². The van der Waals surface area contributed by atoms with E-state index in [1.165, 1.54) is 50.0 Å². The van der Waals surface area contributed by atoms with Gasteiger partial charge in [-0.2, -0.15) is 0 Å². The van der Waals surface area contributed by atoms with E-state index >= 15 is 0 Å². The smallest absolute Gasteiger partial charge is 0.191 e. The summed E-state index contributed by atoms with van der Waals surface area (Å²) in [6, 6.07) is 9.58. The average molecular weight is 314 g/mol. The van der Waals surface area contributed by atoms with Gasteiger partial charge in [-0.25, -0.2) is 4.99 Å². The van der Waals surface area contributed by atoms with Gasteiger partial charge in [0.15, 0.2) is 5.96 Å². The molecular formula is C19H30N4. The summed E-state index contributed by atoms with van der Waals surface area (Å²) in [6.07, 6.45) is 5.16. The van der Waals surface area contributed by atoms with Crippen LogP contribution in [0.3, 0.4) is 0 Å². The van der Waals surface area contributed by atoms with Gasteiger partial charge in [-0.05, 0) is 56.2 Å². The summed E-state index contributed by atoms with van der Waals surface area (Å²) in [6.45, 7) is 8.49. The number of hydrogen-bond donors (Lipinski definition) is 2. The average Bonchev–Trinajstić information content (AvgIpc) is 3.38. The SMILES string of the molecule is CCNC(=NCc1ccc(N2CCC(C)CC2)cc1)NC1CC1. The van der Waals surface area contributed by atoms with Crippen LogP contribution >= 0.6 is 0 Å². The lowest BCUT2D eigenvalue weighted by Crippen LogP contribution is -2.38. The van der Waals surface area contributed by atoms with Crippen molar-refractivity contribution in [3.8, 4) is 0 Å². The minimum atomic E-state index is 0.636. The van der Waals surface area contributed by atoms with E-state index in [4.69, 9.17) is 4.99 Å². The molecule has 1 heterocycles. The Hall–Kier alpha value is -1.71. The van der Waals surface area contributed by atoms with Gasteiger partial charge in [-0.3, -0.25) is 0 Å². The van der Waals surface area contributed by atoms with Gasteiger partial charge in [0.25, 0.3) is 0 Å². The van der Waals surface area contributed by atoms with E-state index in [0.717, 1.165) is 25.0 Å². The van der Waals surface area contributed by atoms with Crippen molar-refractivity contribution in [1.29, 1.82) is 0 Å². The van der Waals surface area contributed by atoms with Crippen molar-refractivity contribution >= 4 is 11.6 Å². The van der Waals surface area contributed by atoms with Crippen LogP contribution < -0.4 is 15.5 Å². The Kier molecular flexibility index (Phi) is 5.42. The number of aliphatic imine (C=N–C) groups is 1. The molecule has 1 aliphatic carbocycles. The Morgan fingerprint density at radius 1 is 1.13 bits per heavy atom. The number of benzene rings is 1. The van der Waals surface area contributed by atoms with Crippen LogP contribution in [0.1, 0.15) is 45.1 Å². The maximum absolute atomic E-state index is 4.70. The Morgan fingerprint density at radius 2 is 1.83 bits per heavy atom. The van der Waals surface area contributed by atoms with Gasteiger partial charge < -0.3 is 15.5 Å². The number of nitrogens with one attached hydrogen (secondary N) is 2. The maximum atomic E-state index is 4.70. The van der Waals surface area contributed by atoms with E-state index in [2.05, 4.69) is 53.6 Å². The van der Waals surface area contributed by atoms with Gasteiger partial charge in [0.2, 0.25) is 0 Å². The largest absolute Gasteiger partial charge is 0.372 e. The summed E-state index contributed by atoms with van der Waals surface area (Å²) in [4.78, 5) is 7.20. The van der Waals surface area contributed by atoms with E-state index in [0.29, 0.717) is 6.04 Å². The van der Waals surface area contributed by atoms with E-state index in [1.54, 1.807) is 0 Å². The van der Waals surface area contributed by atoms with Gasteiger partial charge >= 0.3 is 0 Å². The molecule has 2 fully saturated rings. The highest BCUT2D eigenvalue weighted by atomic mass is 15.2. The monoisotopic (exact) mass is 314 g/mol. The molecule has 0 atom stereocenters. The first kappa shape index (κ1) is 16.2. The zero-order valence-electron chi connectivity index (χ0n) is 14.5. The highest BCUT2D eigenvalue weighted by Crippen LogP contribution is 2.23. The van der Waals surface area contributed by atoms with E-state index in [1.807, 2.05) is 0 Å². The molecule has 1 saturated carbocycles. The van der Waals surface area contributed by atoms with Gasteiger partial charge in [0.05, 0.1) is 6.54 Å². The second kappa shape index (κ2) is 7.71. The number of rotatable bonds is 5. The lowest BCUT2D eigenvalue weighted by Gasteiger charge is -2.32. The van der Waals surface area contributed by atoms with E-state index in [9.17, 15) is 0 Å². The molecule has 4 heteroatoms. The molecule has 0 spiro atoms. The molecule has 0 unspecified atom stereocenters. The predicted molar refractivity (Wildman–Crippen MR) is 98.0 cm³/mol. The van der Waals surface area contributed by atoms with Crippen molar-refractivity contribution in [2.45, 2.75) is 52.1 Å². The van der Waals surface area contributed by atoms with Crippen LogP contribution in [0.25, 0.3) is 0 Å². The van der Waals surface area contributed by atoms with Crippen molar-refractivity contribution in [3.05, 3.63) is 29.8 Å². The van der Waals surface area contributed by atoms with E-state index < -0.39 is 0 Å². The van der Waals surface area contributed by atoms with Crippen LogP contribution in [0.4, 0.5) is 5.69 Å². The molecule has 4 nitrogen and oxygen atoms in total. The zero-order valence-corrected chi connectivity index (χ0v) is 14.5. The minimum absolute atomic E-state index is 0.636. The number of anilines is 1. The van der Waals surface area contributed by atoms with Gasteiger partial charge in [0.1, 0.15) is 0 Å². The molecule has 23 heavy (non-hydrogen) atoms. The normalized spacial score (nSPS) is 19.7. The highest BCUT2D eigenvalue weighted by molar-refractivity contribution is 5.80. The predicted octanol–water partition coefficient (Wildman–Crippen LogP) is 3.14. The number of nitrogens with zero attached hydrogens (tertiary/aromatic N) is 2. The second-order valence-electron chi connectivity index (χ2n) is 6.95. The molecule has 1 aromatic carbocycles. The van der Waals surface area contributed by atoms with Crippen LogP contribution in [0.15, 0.2) is 29.3 Å². The first-order chi connectivity index (χ1) is 11.2. The summed E-state index contributed by atoms with van der Waals surface area (Å²) in [7, 11) is 0.